The number of aromatic nitrogens is 2. The molecule has 1 aromatic rings. The molecule has 3 rings (SSSR count). The molecule has 0 amide bonds. The minimum absolute atomic E-state index is 0.0193. The van der Waals surface area contributed by atoms with Gasteiger partial charge in [-0.1, -0.05) is 0 Å². The van der Waals surface area contributed by atoms with Crippen LogP contribution in [0.4, 0.5) is 5.13 Å². The van der Waals surface area contributed by atoms with Crippen LogP contribution in [-0.4, -0.2) is 21.4 Å². The smallest absolute Gasteiger partial charge is 0.202 e. The lowest BCUT2D eigenvalue weighted by Crippen LogP contribution is -2.51. The fourth-order valence-corrected chi connectivity index (χ4v) is 2.51. The number of nitrogens with one attached hydrogen (secondary N) is 1. The molecule has 82 valence electrons. The third-order valence-electron chi connectivity index (χ3n) is 3.33. The summed E-state index contributed by atoms with van der Waals surface area (Å²) in [5.41, 5.74) is 6.14. The molecule has 2 saturated carbocycles. The van der Waals surface area contributed by atoms with E-state index in [4.69, 9.17) is 5.73 Å². The van der Waals surface area contributed by atoms with Crippen LogP contribution in [0.15, 0.2) is 0 Å². The van der Waals surface area contributed by atoms with Crippen LogP contribution >= 0.6 is 11.5 Å². The highest BCUT2D eigenvalue weighted by Gasteiger charge is 2.33. The highest BCUT2D eigenvalue weighted by atomic mass is 32.1. The molecule has 0 unspecified atom stereocenters. The first-order valence-electron chi connectivity index (χ1n) is 5.62. The molecule has 0 atom stereocenters. The van der Waals surface area contributed by atoms with Gasteiger partial charge in [-0.3, -0.25) is 0 Å². The molecule has 0 aliphatic heterocycles. The minimum atomic E-state index is 0.0193. The second-order valence-electron chi connectivity index (χ2n) is 4.80. The van der Waals surface area contributed by atoms with Crippen LogP contribution in [0.25, 0.3) is 0 Å². The fraction of sp³-hybridized carbons (Fsp3) is 0.800. The molecular weight excluding hydrogens is 208 g/mol. The molecule has 2 aliphatic carbocycles. The summed E-state index contributed by atoms with van der Waals surface area (Å²) in [4.78, 5) is 4.47. The monoisotopic (exact) mass is 224 g/mol. The third kappa shape index (κ3) is 1.99. The van der Waals surface area contributed by atoms with Gasteiger partial charge in [0.25, 0.3) is 0 Å². The third-order valence-corrected chi connectivity index (χ3v) is 4.01. The lowest BCUT2D eigenvalue weighted by molar-refractivity contribution is 0.265. The molecule has 1 aromatic heterocycles. The molecule has 0 spiro atoms. The molecule has 3 N–H and O–H groups in total. The number of hydrogen-bond donors (Lipinski definition) is 2. The van der Waals surface area contributed by atoms with Gasteiger partial charge >= 0.3 is 0 Å². The minimum Gasteiger partial charge on any atom is -0.358 e. The van der Waals surface area contributed by atoms with Crippen LogP contribution in [-0.2, 0) is 0 Å². The van der Waals surface area contributed by atoms with E-state index in [0.717, 1.165) is 30.3 Å². The summed E-state index contributed by atoms with van der Waals surface area (Å²) >= 11 is 1.47. The van der Waals surface area contributed by atoms with Gasteiger partial charge in [0, 0.05) is 29.5 Å². The van der Waals surface area contributed by atoms with Gasteiger partial charge in [0.2, 0.25) is 5.13 Å². The van der Waals surface area contributed by atoms with Crippen molar-refractivity contribution in [2.45, 2.75) is 43.6 Å². The Balaban J connectivity index is 1.56. The van der Waals surface area contributed by atoms with Crippen molar-refractivity contribution in [3.63, 3.8) is 0 Å². The van der Waals surface area contributed by atoms with E-state index in [1.165, 1.54) is 30.8 Å². The zero-order valence-corrected chi connectivity index (χ0v) is 9.52. The van der Waals surface area contributed by atoms with E-state index in [0.29, 0.717) is 5.92 Å². The lowest BCUT2D eigenvalue weighted by Gasteiger charge is -2.37. The van der Waals surface area contributed by atoms with Gasteiger partial charge in [-0.25, -0.2) is 4.98 Å². The Morgan fingerprint density at radius 2 is 2.27 bits per heavy atom. The highest BCUT2D eigenvalue weighted by molar-refractivity contribution is 7.09. The van der Waals surface area contributed by atoms with E-state index in [2.05, 4.69) is 14.7 Å². The summed E-state index contributed by atoms with van der Waals surface area (Å²) in [7, 11) is 0. The van der Waals surface area contributed by atoms with Gasteiger partial charge in [-0.2, -0.15) is 4.37 Å². The van der Waals surface area contributed by atoms with Crippen LogP contribution in [0.2, 0.25) is 0 Å². The molecule has 0 aromatic carbocycles. The van der Waals surface area contributed by atoms with Crippen molar-refractivity contribution >= 4 is 16.7 Å². The van der Waals surface area contributed by atoms with Crippen LogP contribution < -0.4 is 11.1 Å². The van der Waals surface area contributed by atoms with Crippen LogP contribution in [0.3, 0.4) is 0 Å². The van der Waals surface area contributed by atoms with Gasteiger partial charge in [-0.15, -0.1) is 0 Å². The topological polar surface area (TPSA) is 63.8 Å². The van der Waals surface area contributed by atoms with Crippen molar-refractivity contribution in [2.75, 3.05) is 11.9 Å². The first kappa shape index (κ1) is 9.54. The molecule has 1 heterocycles. The van der Waals surface area contributed by atoms with Crippen molar-refractivity contribution < 1.29 is 0 Å². The average molecular weight is 224 g/mol. The molecule has 4 nitrogen and oxygen atoms in total. The summed E-state index contributed by atoms with van der Waals surface area (Å²) in [5.74, 6) is 1.68. The zero-order valence-electron chi connectivity index (χ0n) is 8.70. The van der Waals surface area contributed by atoms with Crippen molar-refractivity contribution in [3.05, 3.63) is 5.82 Å². The molecular formula is C10H16N4S. The summed E-state index contributed by atoms with van der Waals surface area (Å²) in [6.45, 7) is 0.840. The van der Waals surface area contributed by atoms with E-state index < -0.39 is 0 Å². The van der Waals surface area contributed by atoms with Crippen molar-refractivity contribution in [2.24, 2.45) is 5.73 Å². The van der Waals surface area contributed by atoms with Gasteiger partial charge in [0.1, 0.15) is 5.82 Å². The van der Waals surface area contributed by atoms with Gasteiger partial charge in [0.15, 0.2) is 0 Å². The number of nitrogens with zero attached hydrogens (tertiary/aromatic N) is 2. The number of nitrogens with two attached hydrogens (primary N) is 1. The molecule has 0 saturated heterocycles. The van der Waals surface area contributed by atoms with E-state index in [1.807, 2.05) is 0 Å². The number of anilines is 1. The SMILES string of the molecule is NC1(CNc2nc(C3CC3)ns2)CCC1. The number of hydrogen-bond acceptors (Lipinski definition) is 5. The van der Waals surface area contributed by atoms with Crippen molar-refractivity contribution in [1.82, 2.24) is 9.36 Å². The van der Waals surface area contributed by atoms with Gasteiger partial charge < -0.3 is 11.1 Å². The Morgan fingerprint density at radius 1 is 1.47 bits per heavy atom. The van der Waals surface area contributed by atoms with E-state index in [1.54, 1.807) is 0 Å². The normalized spacial score (nSPS) is 23.5. The predicted molar refractivity (Wildman–Crippen MR) is 61.1 cm³/mol. The summed E-state index contributed by atoms with van der Waals surface area (Å²) in [5, 5.41) is 4.25. The summed E-state index contributed by atoms with van der Waals surface area (Å²) in [6, 6.07) is 0. The standard InChI is InChI=1S/C10H16N4S/c11-10(4-1-5-10)6-12-9-13-8(14-15-9)7-2-3-7/h7H,1-6,11H2,(H,12,13,14). The average Bonchev–Trinajstić information content (AvgIpc) is 2.93. The van der Waals surface area contributed by atoms with Gasteiger partial charge in [0.05, 0.1) is 0 Å². The Hall–Kier alpha value is -0.680. The maximum absolute atomic E-state index is 6.12. The van der Waals surface area contributed by atoms with E-state index >= 15 is 0 Å². The van der Waals surface area contributed by atoms with E-state index in [-0.39, 0.29) is 5.54 Å². The number of rotatable bonds is 4. The van der Waals surface area contributed by atoms with Crippen LogP contribution in [0.5, 0.6) is 0 Å². The second kappa shape index (κ2) is 3.42. The fourth-order valence-electron chi connectivity index (χ4n) is 1.87. The zero-order chi connectivity index (χ0) is 10.3. The van der Waals surface area contributed by atoms with Crippen LogP contribution in [0, 0.1) is 0 Å². The molecule has 0 bridgehead atoms. The summed E-state index contributed by atoms with van der Waals surface area (Å²) < 4.78 is 4.35. The Kier molecular flexibility index (Phi) is 2.17. The molecule has 5 heteroatoms. The Labute approximate surface area is 93.4 Å². The van der Waals surface area contributed by atoms with Crippen molar-refractivity contribution in [3.8, 4) is 0 Å². The maximum atomic E-state index is 6.12. The summed E-state index contributed by atoms with van der Waals surface area (Å²) in [6.07, 6.45) is 6.05. The lowest BCUT2D eigenvalue weighted by atomic mass is 9.78. The Bertz CT molecular complexity index is 354. The van der Waals surface area contributed by atoms with E-state index in [9.17, 15) is 0 Å². The van der Waals surface area contributed by atoms with Gasteiger partial charge in [-0.05, 0) is 32.1 Å². The second-order valence-corrected chi connectivity index (χ2v) is 5.55. The van der Waals surface area contributed by atoms with Crippen LogP contribution in [0.1, 0.15) is 43.8 Å². The maximum Gasteiger partial charge on any atom is 0.202 e. The highest BCUT2D eigenvalue weighted by Crippen LogP contribution is 2.39. The first-order chi connectivity index (χ1) is 7.25. The molecule has 2 aliphatic rings. The Morgan fingerprint density at radius 3 is 2.87 bits per heavy atom. The predicted octanol–water partition coefficient (Wildman–Crippen LogP) is 1.71. The largest absolute Gasteiger partial charge is 0.358 e. The quantitative estimate of drug-likeness (QED) is 0.817. The van der Waals surface area contributed by atoms with Crippen molar-refractivity contribution in [1.29, 1.82) is 0 Å². The molecule has 0 radical (unpaired) electrons. The first-order valence-corrected chi connectivity index (χ1v) is 6.39. The molecule has 2 fully saturated rings. The molecule has 15 heavy (non-hydrogen) atoms.